The fourth-order valence-electron chi connectivity index (χ4n) is 2.75. The molecule has 0 aromatic heterocycles. The fourth-order valence-corrected chi connectivity index (χ4v) is 2.88. The van der Waals surface area contributed by atoms with Crippen LogP contribution in [0.4, 0.5) is 4.79 Å². The van der Waals surface area contributed by atoms with Crippen molar-refractivity contribution in [1.82, 2.24) is 4.90 Å². The largest absolute Gasteiger partial charge is 0.444 e. The van der Waals surface area contributed by atoms with E-state index in [-0.39, 0.29) is 6.09 Å². The number of halogens is 1. The van der Waals surface area contributed by atoms with Gasteiger partial charge in [0.25, 0.3) is 5.24 Å². The molecule has 1 aromatic carbocycles. The zero-order valence-corrected chi connectivity index (χ0v) is 14.7. The maximum absolute atomic E-state index is 12.0. The first-order valence-electron chi connectivity index (χ1n) is 8.01. The van der Waals surface area contributed by atoms with Gasteiger partial charge in [-0.3, -0.25) is 4.79 Å². The lowest BCUT2D eigenvalue weighted by Gasteiger charge is -2.33. The molecule has 1 aromatic rings. The molecule has 1 saturated heterocycles. The number of hydrogen-bond acceptors (Lipinski definition) is 3. The number of piperidine rings is 1. The van der Waals surface area contributed by atoms with Crippen molar-refractivity contribution in [1.29, 1.82) is 0 Å². The van der Waals surface area contributed by atoms with Gasteiger partial charge in [-0.1, -0.05) is 12.1 Å². The van der Waals surface area contributed by atoms with Crippen molar-refractivity contribution >= 4 is 22.9 Å². The number of benzene rings is 1. The first-order valence-corrected chi connectivity index (χ1v) is 8.39. The van der Waals surface area contributed by atoms with Gasteiger partial charge < -0.3 is 9.64 Å². The standard InChI is InChI=1S/C18H24ClNO3/c1-18(2,3)23-17(22)20-10-8-14(9-11-20)12-13-4-6-15(7-5-13)16(19)21/h4-7,14H,8-12H2,1-3H3. The van der Waals surface area contributed by atoms with Crippen molar-refractivity contribution in [3.05, 3.63) is 35.4 Å². The highest BCUT2D eigenvalue weighted by atomic mass is 35.5. The van der Waals surface area contributed by atoms with Gasteiger partial charge in [-0.15, -0.1) is 0 Å². The summed E-state index contributed by atoms with van der Waals surface area (Å²) in [6, 6.07) is 7.44. The molecule has 0 unspecified atom stereocenters. The molecule has 1 heterocycles. The van der Waals surface area contributed by atoms with Crippen LogP contribution in [-0.2, 0) is 11.2 Å². The molecule has 0 spiro atoms. The third-order valence-electron chi connectivity index (χ3n) is 3.97. The number of carbonyl (C=O) groups excluding carboxylic acids is 2. The molecule has 4 nitrogen and oxygen atoms in total. The second kappa shape index (κ2) is 7.35. The lowest BCUT2D eigenvalue weighted by molar-refractivity contribution is 0.0184. The first kappa shape index (κ1) is 17.8. The van der Waals surface area contributed by atoms with Gasteiger partial charge in [0.2, 0.25) is 0 Å². The summed E-state index contributed by atoms with van der Waals surface area (Å²) in [6.45, 7) is 7.11. The van der Waals surface area contributed by atoms with Crippen LogP contribution in [0.1, 0.15) is 49.5 Å². The van der Waals surface area contributed by atoms with Crippen LogP contribution in [0.15, 0.2) is 24.3 Å². The molecule has 0 atom stereocenters. The third kappa shape index (κ3) is 5.54. The van der Waals surface area contributed by atoms with Crippen molar-refractivity contribution in [2.24, 2.45) is 5.92 Å². The van der Waals surface area contributed by atoms with Gasteiger partial charge in [0.15, 0.2) is 0 Å². The Hall–Kier alpha value is -1.55. The van der Waals surface area contributed by atoms with Crippen LogP contribution in [0.25, 0.3) is 0 Å². The zero-order chi connectivity index (χ0) is 17.0. The van der Waals surface area contributed by atoms with Gasteiger partial charge in [0.1, 0.15) is 5.60 Å². The van der Waals surface area contributed by atoms with E-state index in [1.807, 2.05) is 32.9 Å². The van der Waals surface area contributed by atoms with Crippen molar-refractivity contribution in [2.45, 2.75) is 45.6 Å². The smallest absolute Gasteiger partial charge is 0.410 e. The Balaban J connectivity index is 1.82. The highest BCUT2D eigenvalue weighted by Gasteiger charge is 2.26. The predicted molar refractivity (Wildman–Crippen MR) is 90.9 cm³/mol. The van der Waals surface area contributed by atoms with E-state index in [4.69, 9.17) is 16.3 Å². The lowest BCUT2D eigenvalue weighted by Crippen LogP contribution is -2.42. The summed E-state index contributed by atoms with van der Waals surface area (Å²) in [5.41, 5.74) is 1.27. The van der Waals surface area contributed by atoms with E-state index >= 15 is 0 Å². The number of amides is 1. The number of nitrogens with zero attached hydrogens (tertiary/aromatic N) is 1. The van der Waals surface area contributed by atoms with E-state index in [1.54, 1.807) is 17.0 Å². The molecule has 0 N–H and O–H groups in total. The van der Waals surface area contributed by atoms with Gasteiger partial charge in [-0.05, 0) is 75.2 Å². The van der Waals surface area contributed by atoms with Gasteiger partial charge in [-0.25, -0.2) is 4.79 Å². The molecule has 1 aliphatic heterocycles. The van der Waals surface area contributed by atoms with Crippen LogP contribution in [-0.4, -0.2) is 34.9 Å². The topological polar surface area (TPSA) is 46.6 Å². The fraction of sp³-hybridized carbons (Fsp3) is 0.556. The van der Waals surface area contributed by atoms with Gasteiger partial charge in [-0.2, -0.15) is 0 Å². The molecule has 5 heteroatoms. The lowest BCUT2D eigenvalue weighted by atomic mass is 9.90. The molecule has 0 bridgehead atoms. The number of ether oxygens (including phenoxy) is 1. The summed E-state index contributed by atoms with van der Waals surface area (Å²) in [6.07, 6.45) is 2.67. The Kier molecular flexibility index (Phi) is 5.69. The molecule has 1 amide bonds. The minimum absolute atomic E-state index is 0.221. The third-order valence-corrected chi connectivity index (χ3v) is 4.19. The number of likely N-dealkylation sites (tertiary alicyclic amines) is 1. The van der Waals surface area contributed by atoms with Crippen molar-refractivity contribution in [2.75, 3.05) is 13.1 Å². The monoisotopic (exact) mass is 337 g/mol. The molecule has 0 saturated carbocycles. The van der Waals surface area contributed by atoms with Crippen molar-refractivity contribution in [3.63, 3.8) is 0 Å². The second-order valence-electron chi connectivity index (χ2n) is 7.09. The van der Waals surface area contributed by atoms with Gasteiger partial charge >= 0.3 is 6.09 Å². The normalized spacial score (nSPS) is 16.3. The van der Waals surface area contributed by atoms with Crippen LogP contribution in [0.5, 0.6) is 0 Å². The van der Waals surface area contributed by atoms with E-state index in [0.717, 1.165) is 32.4 Å². The second-order valence-corrected chi connectivity index (χ2v) is 7.43. The summed E-state index contributed by atoms with van der Waals surface area (Å²) in [5, 5.41) is -0.429. The van der Waals surface area contributed by atoms with Crippen LogP contribution >= 0.6 is 11.6 Å². The Morgan fingerprint density at radius 1 is 1.17 bits per heavy atom. The average molecular weight is 338 g/mol. The molecular weight excluding hydrogens is 314 g/mol. The minimum atomic E-state index is -0.449. The van der Waals surface area contributed by atoms with Gasteiger partial charge in [0.05, 0.1) is 0 Å². The molecule has 2 rings (SSSR count). The number of rotatable bonds is 3. The van der Waals surface area contributed by atoms with Crippen molar-refractivity contribution < 1.29 is 14.3 Å². The molecule has 0 aliphatic carbocycles. The molecule has 1 aliphatic rings. The molecule has 126 valence electrons. The SMILES string of the molecule is CC(C)(C)OC(=O)N1CCC(Cc2ccc(C(=O)Cl)cc2)CC1. The number of hydrogen-bond donors (Lipinski definition) is 0. The Bertz CT molecular complexity index is 555. The summed E-state index contributed by atoms with van der Waals surface area (Å²) < 4.78 is 5.41. The minimum Gasteiger partial charge on any atom is -0.444 e. The Morgan fingerprint density at radius 3 is 2.22 bits per heavy atom. The Morgan fingerprint density at radius 2 is 1.74 bits per heavy atom. The summed E-state index contributed by atoms with van der Waals surface area (Å²) in [5.74, 6) is 0.547. The predicted octanol–water partition coefficient (Wildman–Crippen LogP) is 4.26. The summed E-state index contributed by atoms with van der Waals surface area (Å²) in [4.78, 5) is 24.9. The zero-order valence-electron chi connectivity index (χ0n) is 14.0. The van der Waals surface area contributed by atoms with E-state index < -0.39 is 10.8 Å². The van der Waals surface area contributed by atoms with Crippen LogP contribution in [0.2, 0.25) is 0 Å². The Labute approximate surface area is 142 Å². The highest BCUT2D eigenvalue weighted by molar-refractivity contribution is 6.67. The summed E-state index contributed by atoms with van der Waals surface area (Å²) >= 11 is 5.45. The maximum Gasteiger partial charge on any atom is 0.410 e. The molecule has 0 radical (unpaired) electrons. The average Bonchev–Trinajstić information content (AvgIpc) is 2.46. The van der Waals surface area contributed by atoms with Crippen LogP contribution < -0.4 is 0 Å². The van der Waals surface area contributed by atoms with E-state index in [2.05, 4.69) is 0 Å². The molecular formula is C18H24ClNO3. The molecule has 23 heavy (non-hydrogen) atoms. The van der Waals surface area contributed by atoms with Crippen LogP contribution in [0, 0.1) is 5.92 Å². The van der Waals surface area contributed by atoms with Crippen LogP contribution in [0.3, 0.4) is 0 Å². The summed E-state index contributed by atoms with van der Waals surface area (Å²) in [7, 11) is 0. The quantitative estimate of drug-likeness (QED) is 0.774. The van der Waals surface area contributed by atoms with E-state index in [1.165, 1.54) is 5.56 Å². The molecule has 1 fully saturated rings. The van der Waals surface area contributed by atoms with E-state index in [9.17, 15) is 9.59 Å². The number of carbonyl (C=O) groups is 2. The van der Waals surface area contributed by atoms with Gasteiger partial charge in [0, 0.05) is 18.7 Å². The van der Waals surface area contributed by atoms with E-state index in [0.29, 0.717) is 11.5 Å². The first-order chi connectivity index (χ1) is 10.7. The highest BCUT2D eigenvalue weighted by Crippen LogP contribution is 2.23. The van der Waals surface area contributed by atoms with Crippen molar-refractivity contribution in [3.8, 4) is 0 Å². The maximum atomic E-state index is 12.0.